The van der Waals surface area contributed by atoms with Crippen LogP contribution in [0.25, 0.3) is 0 Å². The minimum absolute atomic E-state index is 0.206. The third-order valence-corrected chi connectivity index (χ3v) is 5.05. The van der Waals surface area contributed by atoms with Gasteiger partial charge in [0.25, 0.3) is 0 Å². The molecule has 2 aliphatic rings. The highest BCUT2D eigenvalue weighted by Gasteiger charge is 2.34. The van der Waals surface area contributed by atoms with Crippen LogP contribution in [0.2, 0.25) is 0 Å². The van der Waals surface area contributed by atoms with E-state index in [1.165, 1.54) is 24.0 Å². The van der Waals surface area contributed by atoms with Gasteiger partial charge >= 0.3 is 0 Å². The quantitative estimate of drug-likeness (QED) is 0.893. The molecule has 2 aliphatic heterocycles. The van der Waals surface area contributed by atoms with Gasteiger partial charge in [0.15, 0.2) is 0 Å². The van der Waals surface area contributed by atoms with Gasteiger partial charge in [0.05, 0.1) is 0 Å². The van der Waals surface area contributed by atoms with E-state index in [1.807, 2.05) is 0 Å². The lowest BCUT2D eigenvalue weighted by Crippen LogP contribution is -2.48. The molecule has 0 spiro atoms. The van der Waals surface area contributed by atoms with E-state index in [9.17, 15) is 4.79 Å². The molecule has 1 amide bonds. The van der Waals surface area contributed by atoms with Gasteiger partial charge in [-0.2, -0.15) is 0 Å². The fraction of sp³-hybridized carbons (Fsp3) is 0.611. The summed E-state index contributed by atoms with van der Waals surface area (Å²) in [6, 6.07) is 10.00. The standard InChI is InChI=1S/C18H26N2O/c1-12-5-3-4-6-17(12)13(2)9-18(21)20-16-10-14-7-8-15(11-16)19-14/h3-6,13-16,19H,7-11H2,1-2H3,(H,20,21). The Hall–Kier alpha value is -1.35. The molecule has 2 heterocycles. The van der Waals surface area contributed by atoms with Crippen molar-refractivity contribution in [3.05, 3.63) is 35.4 Å². The predicted molar refractivity (Wildman–Crippen MR) is 85.3 cm³/mol. The Kier molecular flexibility index (Phi) is 4.29. The van der Waals surface area contributed by atoms with E-state index in [-0.39, 0.29) is 11.8 Å². The molecule has 3 heteroatoms. The zero-order valence-corrected chi connectivity index (χ0v) is 13.1. The highest BCUT2D eigenvalue weighted by molar-refractivity contribution is 5.77. The fourth-order valence-electron chi connectivity index (χ4n) is 3.99. The van der Waals surface area contributed by atoms with Gasteiger partial charge in [0.1, 0.15) is 0 Å². The summed E-state index contributed by atoms with van der Waals surface area (Å²) in [5.41, 5.74) is 2.57. The number of piperidine rings is 1. The molecule has 0 aliphatic carbocycles. The average molecular weight is 286 g/mol. The van der Waals surface area contributed by atoms with Crippen molar-refractivity contribution in [3.8, 4) is 0 Å². The van der Waals surface area contributed by atoms with Crippen molar-refractivity contribution in [3.63, 3.8) is 0 Å². The fourth-order valence-corrected chi connectivity index (χ4v) is 3.99. The van der Waals surface area contributed by atoms with E-state index in [0.717, 1.165) is 12.8 Å². The Morgan fingerprint density at radius 2 is 1.95 bits per heavy atom. The molecular formula is C18H26N2O. The van der Waals surface area contributed by atoms with E-state index in [1.54, 1.807) is 0 Å². The number of nitrogens with one attached hydrogen (secondary N) is 2. The molecule has 1 aromatic rings. The Bertz CT molecular complexity index is 502. The summed E-state index contributed by atoms with van der Waals surface area (Å²) < 4.78 is 0. The molecule has 21 heavy (non-hydrogen) atoms. The number of hydrogen-bond donors (Lipinski definition) is 2. The van der Waals surface area contributed by atoms with Crippen molar-refractivity contribution in [2.45, 2.75) is 70.0 Å². The van der Waals surface area contributed by atoms with Crippen molar-refractivity contribution in [1.82, 2.24) is 10.6 Å². The molecular weight excluding hydrogens is 260 g/mol. The molecule has 2 fully saturated rings. The molecule has 1 aromatic carbocycles. The summed E-state index contributed by atoms with van der Waals surface area (Å²) in [6.07, 6.45) is 5.33. The van der Waals surface area contributed by atoms with Gasteiger partial charge in [-0.3, -0.25) is 4.79 Å². The Morgan fingerprint density at radius 3 is 2.62 bits per heavy atom. The molecule has 2 bridgehead atoms. The Labute approximate surface area is 127 Å². The number of amides is 1. The Morgan fingerprint density at radius 1 is 1.29 bits per heavy atom. The molecule has 0 aromatic heterocycles. The first-order valence-corrected chi connectivity index (χ1v) is 8.22. The van der Waals surface area contributed by atoms with E-state index in [4.69, 9.17) is 0 Å². The first kappa shape index (κ1) is 14.6. The average Bonchev–Trinajstić information content (AvgIpc) is 2.78. The zero-order valence-electron chi connectivity index (χ0n) is 13.1. The summed E-state index contributed by atoms with van der Waals surface area (Å²) in [6.45, 7) is 4.27. The van der Waals surface area contributed by atoms with Crippen LogP contribution in [0.5, 0.6) is 0 Å². The number of aryl methyl sites for hydroxylation is 1. The van der Waals surface area contributed by atoms with E-state index in [0.29, 0.717) is 24.5 Å². The van der Waals surface area contributed by atoms with Crippen molar-refractivity contribution in [2.24, 2.45) is 0 Å². The number of carbonyl (C=O) groups excluding carboxylic acids is 1. The van der Waals surface area contributed by atoms with Gasteiger partial charge in [-0.15, -0.1) is 0 Å². The normalized spacial score (nSPS) is 29.1. The van der Waals surface area contributed by atoms with Crippen molar-refractivity contribution in [2.75, 3.05) is 0 Å². The molecule has 2 N–H and O–H groups in total. The largest absolute Gasteiger partial charge is 0.353 e. The lowest BCUT2D eigenvalue weighted by atomic mass is 9.93. The summed E-state index contributed by atoms with van der Waals surface area (Å²) in [4.78, 5) is 12.3. The van der Waals surface area contributed by atoms with E-state index < -0.39 is 0 Å². The lowest BCUT2D eigenvalue weighted by Gasteiger charge is -2.30. The molecule has 3 nitrogen and oxygen atoms in total. The maximum atomic E-state index is 12.3. The molecule has 2 saturated heterocycles. The van der Waals surface area contributed by atoms with Gasteiger partial charge in [-0.25, -0.2) is 0 Å². The second kappa shape index (κ2) is 6.18. The molecule has 0 saturated carbocycles. The molecule has 3 unspecified atom stereocenters. The Balaban J connectivity index is 1.53. The third-order valence-electron chi connectivity index (χ3n) is 5.05. The predicted octanol–water partition coefficient (Wildman–Crippen LogP) is 2.89. The summed E-state index contributed by atoms with van der Waals surface area (Å²) in [5.74, 6) is 0.488. The van der Waals surface area contributed by atoms with Crippen molar-refractivity contribution >= 4 is 5.91 Å². The molecule has 3 atom stereocenters. The minimum atomic E-state index is 0.206. The van der Waals surface area contributed by atoms with E-state index >= 15 is 0 Å². The first-order chi connectivity index (χ1) is 10.1. The van der Waals surface area contributed by atoms with Gasteiger partial charge < -0.3 is 10.6 Å². The monoisotopic (exact) mass is 286 g/mol. The van der Waals surface area contributed by atoms with Crippen molar-refractivity contribution < 1.29 is 4.79 Å². The summed E-state index contributed by atoms with van der Waals surface area (Å²) >= 11 is 0. The summed E-state index contributed by atoms with van der Waals surface area (Å²) in [7, 11) is 0. The topological polar surface area (TPSA) is 41.1 Å². The number of hydrogen-bond acceptors (Lipinski definition) is 2. The molecule has 3 rings (SSSR count). The van der Waals surface area contributed by atoms with Crippen LogP contribution in [0.3, 0.4) is 0 Å². The SMILES string of the molecule is Cc1ccccc1C(C)CC(=O)NC1CC2CCC(C1)N2. The van der Waals surface area contributed by atoms with Gasteiger partial charge in [-0.1, -0.05) is 31.2 Å². The number of fused-ring (bicyclic) bond motifs is 2. The van der Waals surface area contributed by atoms with Crippen LogP contribution in [0.15, 0.2) is 24.3 Å². The second-order valence-electron chi connectivity index (χ2n) is 6.84. The van der Waals surface area contributed by atoms with Crippen LogP contribution in [-0.4, -0.2) is 24.0 Å². The van der Waals surface area contributed by atoms with Crippen LogP contribution in [-0.2, 0) is 4.79 Å². The van der Waals surface area contributed by atoms with Gasteiger partial charge in [0, 0.05) is 24.5 Å². The van der Waals surface area contributed by atoms with Crippen LogP contribution in [0.1, 0.15) is 56.1 Å². The summed E-state index contributed by atoms with van der Waals surface area (Å²) in [5, 5.41) is 6.88. The van der Waals surface area contributed by atoms with E-state index in [2.05, 4.69) is 48.7 Å². The third kappa shape index (κ3) is 3.46. The first-order valence-electron chi connectivity index (χ1n) is 8.22. The highest BCUT2D eigenvalue weighted by atomic mass is 16.1. The molecule has 114 valence electrons. The van der Waals surface area contributed by atoms with Crippen LogP contribution in [0, 0.1) is 6.92 Å². The second-order valence-corrected chi connectivity index (χ2v) is 6.84. The zero-order chi connectivity index (χ0) is 14.8. The van der Waals surface area contributed by atoms with Crippen LogP contribution >= 0.6 is 0 Å². The van der Waals surface area contributed by atoms with Gasteiger partial charge in [-0.05, 0) is 49.7 Å². The van der Waals surface area contributed by atoms with Crippen LogP contribution in [0.4, 0.5) is 0 Å². The highest BCUT2D eigenvalue weighted by Crippen LogP contribution is 2.27. The smallest absolute Gasteiger partial charge is 0.220 e. The minimum Gasteiger partial charge on any atom is -0.353 e. The lowest BCUT2D eigenvalue weighted by molar-refractivity contribution is -0.122. The van der Waals surface area contributed by atoms with Gasteiger partial charge in [0.2, 0.25) is 5.91 Å². The number of carbonyl (C=O) groups is 1. The van der Waals surface area contributed by atoms with Crippen LogP contribution < -0.4 is 10.6 Å². The number of benzene rings is 1. The molecule has 0 radical (unpaired) electrons. The maximum Gasteiger partial charge on any atom is 0.220 e. The maximum absolute atomic E-state index is 12.3. The number of rotatable bonds is 4. The van der Waals surface area contributed by atoms with Crippen molar-refractivity contribution in [1.29, 1.82) is 0 Å².